The van der Waals surface area contributed by atoms with Crippen LogP contribution in [0.4, 0.5) is 5.69 Å². The number of sulfonamides is 1. The summed E-state index contributed by atoms with van der Waals surface area (Å²) in [6, 6.07) is 4.90. The molecule has 0 aliphatic carbocycles. The van der Waals surface area contributed by atoms with E-state index in [9.17, 15) is 13.2 Å². The van der Waals surface area contributed by atoms with Crippen molar-refractivity contribution in [3.63, 3.8) is 0 Å². The monoisotopic (exact) mass is 381 g/mol. The molecular formula is C18H27N3O4S. The average Bonchev–Trinajstić information content (AvgIpc) is 3.21. The van der Waals surface area contributed by atoms with Crippen LogP contribution in [0.1, 0.15) is 42.5 Å². The summed E-state index contributed by atoms with van der Waals surface area (Å²) in [4.78, 5) is 20.1. The molecule has 1 aromatic rings. The van der Waals surface area contributed by atoms with Crippen molar-refractivity contribution < 1.29 is 18.0 Å². The Labute approximate surface area is 155 Å². The molecule has 7 nitrogen and oxygen atoms in total. The van der Waals surface area contributed by atoms with Gasteiger partial charge in [-0.15, -0.1) is 0 Å². The molecule has 0 spiro atoms. The van der Waals surface area contributed by atoms with Crippen molar-refractivity contribution in [2.24, 2.45) is 0 Å². The minimum Gasteiger partial charge on any atom is -0.371 e. The highest BCUT2D eigenvalue weighted by atomic mass is 32.2. The van der Waals surface area contributed by atoms with Gasteiger partial charge in [0, 0.05) is 38.9 Å². The predicted molar refractivity (Wildman–Crippen MR) is 99.6 cm³/mol. The van der Waals surface area contributed by atoms with Crippen molar-refractivity contribution in [1.29, 1.82) is 0 Å². The van der Waals surface area contributed by atoms with E-state index in [0.717, 1.165) is 55.9 Å². The van der Waals surface area contributed by atoms with E-state index in [4.69, 9.17) is 4.84 Å². The Hall–Kier alpha value is -1.64. The second-order valence-corrected chi connectivity index (χ2v) is 8.76. The molecule has 2 aliphatic heterocycles. The lowest BCUT2D eigenvalue weighted by molar-refractivity contribution is -0.0756. The van der Waals surface area contributed by atoms with Crippen LogP contribution in [0.3, 0.4) is 0 Å². The number of benzene rings is 1. The lowest BCUT2D eigenvalue weighted by Crippen LogP contribution is -2.36. The number of hydrogen-bond donors (Lipinski definition) is 0. The van der Waals surface area contributed by atoms with E-state index in [1.807, 2.05) is 0 Å². The van der Waals surface area contributed by atoms with Crippen LogP contribution in [0.2, 0.25) is 0 Å². The number of anilines is 1. The lowest BCUT2D eigenvalue weighted by atomic mass is 10.1. The smallest absolute Gasteiger partial charge is 0.279 e. The Morgan fingerprint density at radius 1 is 1.04 bits per heavy atom. The minimum atomic E-state index is -3.59. The second kappa shape index (κ2) is 7.94. The fourth-order valence-electron chi connectivity index (χ4n) is 3.59. The lowest BCUT2D eigenvalue weighted by Gasteiger charge is -2.27. The van der Waals surface area contributed by atoms with Gasteiger partial charge in [0.15, 0.2) is 0 Å². The molecule has 0 saturated carbocycles. The van der Waals surface area contributed by atoms with Gasteiger partial charge in [0.05, 0.1) is 17.6 Å². The summed E-state index contributed by atoms with van der Waals surface area (Å²) in [5.74, 6) is -0.343. The van der Waals surface area contributed by atoms with Gasteiger partial charge in [-0.05, 0) is 43.9 Å². The maximum absolute atomic E-state index is 13.0. The van der Waals surface area contributed by atoms with E-state index in [-0.39, 0.29) is 10.8 Å². The van der Waals surface area contributed by atoms with Crippen molar-refractivity contribution in [3.05, 3.63) is 23.8 Å². The molecule has 2 saturated heterocycles. The van der Waals surface area contributed by atoms with Crippen LogP contribution in [-0.2, 0) is 14.9 Å². The Kier molecular flexibility index (Phi) is 5.84. The molecule has 1 aromatic carbocycles. The van der Waals surface area contributed by atoms with Gasteiger partial charge >= 0.3 is 0 Å². The van der Waals surface area contributed by atoms with Crippen molar-refractivity contribution in [3.8, 4) is 0 Å². The van der Waals surface area contributed by atoms with Gasteiger partial charge in [-0.3, -0.25) is 9.63 Å². The summed E-state index contributed by atoms with van der Waals surface area (Å²) in [5, 5.41) is 1.13. The van der Waals surface area contributed by atoms with Crippen molar-refractivity contribution in [1.82, 2.24) is 9.37 Å². The molecule has 1 amide bonds. The molecule has 3 rings (SSSR count). The number of piperidine rings is 1. The van der Waals surface area contributed by atoms with Gasteiger partial charge in [0.25, 0.3) is 5.91 Å². The second-order valence-electron chi connectivity index (χ2n) is 6.82. The first kappa shape index (κ1) is 19.1. The maximum atomic E-state index is 13.0. The third kappa shape index (κ3) is 3.72. The Bertz CT molecular complexity index is 754. The largest absolute Gasteiger partial charge is 0.371 e. The summed E-state index contributed by atoms with van der Waals surface area (Å²) in [6.07, 6.45) is 4.96. The first-order valence-electron chi connectivity index (χ1n) is 9.16. The highest BCUT2D eigenvalue weighted by Gasteiger charge is 2.29. The highest BCUT2D eigenvalue weighted by molar-refractivity contribution is 7.89. The van der Waals surface area contributed by atoms with Gasteiger partial charge in [-0.1, -0.05) is 6.42 Å². The van der Waals surface area contributed by atoms with Crippen LogP contribution in [0, 0.1) is 0 Å². The van der Waals surface area contributed by atoms with Crippen molar-refractivity contribution in [2.45, 2.75) is 37.0 Å². The number of rotatable bonds is 5. The topological polar surface area (TPSA) is 70.2 Å². The van der Waals surface area contributed by atoms with E-state index in [2.05, 4.69) is 4.90 Å². The Balaban J connectivity index is 2.01. The minimum absolute atomic E-state index is 0.176. The standard InChI is InChI=1S/C18H27N3O4S/c1-19(25-2)18(22)16-14-15(8-9-17(16)20-10-6-7-11-20)26(23,24)21-12-4-3-5-13-21/h8-9,14H,3-7,10-13H2,1-2H3. The van der Waals surface area contributed by atoms with Crippen LogP contribution in [-0.4, -0.2) is 64.0 Å². The van der Waals surface area contributed by atoms with E-state index in [1.54, 1.807) is 12.1 Å². The molecule has 2 heterocycles. The number of nitrogens with zero attached hydrogens (tertiary/aromatic N) is 3. The SMILES string of the molecule is CON(C)C(=O)c1cc(S(=O)(=O)N2CCCCC2)ccc1N1CCCC1. The zero-order valence-electron chi connectivity index (χ0n) is 15.5. The van der Waals surface area contributed by atoms with Gasteiger partial charge in [-0.25, -0.2) is 13.5 Å². The van der Waals surface area contributed by atoms with Crippen molar-refractivity contribution >= 4 is 21.6 Å². The summed E-state index contributed by atoms with van der Waals surface area (Å²) in [5.41, 5.74) is 1.14. The number of hydrogen-bond acceptors (Lipinski definition) is 5. The van der Waals surface area contributed by atoms with Gasteiger partial charge in [0.2, 0.25) is 10.0 Å². The fraction of sp³-hybridized carbons (Fsp3) is 0.611. The number of hydroxylamine groups is 2. The zero-order valence-corrected chi connectivity index (χ0v) is 16.3. The molecule has 0 bridgehead atoms. The van der Waals surface area contributed by atoms with Crippen LogP contribution in [0.25, 0.3) is 0 Å². The van der Waals surface area contributed by atoms with Gasteiger partial charge in [0.1, 0.15) is 0 Å². The molecule has 0 radical (unpaired) electrons. The number of carbonyl (C=O) groups excluding carboxylic acids is 1. The van der Waals surface area contributed by atoms with Gasteiger partial charge in [-0.2, -0.15) is 4.31 Å². The normalized spacial score (nSPS) is 18.9. The molecule has 26 heavy (non-hydrogen) atoms. The Morgan fingerprint density at radius 2 is 1.65 bits per heavy atom. The summed E-state index contributed by atoms with van der Waals surface area (Å²) >= 11 is 0. The summed E-state index contributed by atoms with van der Waals surface area (Å²) < 4.78 is 27.5. The molecule has 0 unspecified atom stereocenters. The van der Waals surface area contributed by atoms with Gasteiger partial charge < -0.3 is 4.90 Å². The van der Waals surface area contributed by atoms with Crippen LogP contribution in [0.15, 0.2) is 23.1 Å². The molecule has 2 aliphatic rings. The first-order chi connectivity index (χ1) is 12.4. The fourth-order valence-corrected chi connectivity index (χ4v) is 5.13. The Morgan fingerprint density at radius 3 is 2.27 bits per heavy atom. The summed E-state index contributed by atoms with van der Waals surface area (Å²) in [6.45, 7) is 2.82. The van der Waals surface area contributed by atoms with E-state index in [1.165, 1.54) is 24.5 Å². The average molecular weight is 381 g/mol. The predicted octanol–water partition coefficient (Wildman–Crippen LogP) is 2.09. The van der Waals surface area contributed by atoms with Crippen LogP contribution < -0.4 is 4.90 Å². The molecular weight excluding hydrogens is 354 g/mol. The maximum Gasteiger partial charge on any atom is 0.279 e. The van der Waals surface area contributed by atoms with E-state index >= 15 is 0 Å². The quantitative estimate of drug-likeness (QED) is 0.731. The molecule has 0 atom stereocenters. The number of amides is 1. The molecule has 0 aromatic heterocycles. The molecule has 8 heteroatoms. The summed E-state index contributed by atoms with van der Waals surface area (Å²) in [7, 11) is -0.639. The third-order valence-electron chi connectivity index (χ3n) is 5.16. The van der Waals surface area contributed by atoms with E-state index < -0.39 is 10.0 Å². The van der Waals surface area contributed by atoms with Crippen LogP contribution in [0.5, 0.6) is 0 Å². The van der Waals surface area contributed by atoms with Crippen LogP contribution >= 0.6 is 0 Å². The highest BCUT2D eigenvalue weighted by Crippen LogP contribution is 2.30. The molecule has 0 N–H and O–H groups in total. The zero-order chi connectivity index (χ0) is 18.7. The number of carbonyl (C=O) groups is 1. The first-order valence-corrected chi connectivity index (χ1v) is 10.6. The molecule has 144 valence electrons. The third-order valence-corrected chi connectivity index (χ3v) is 7.05. The molecule has 2 fully saturated rings. The van der Waals surface area contributed by atoms with E-state index in [0.29, 0.717) is 18.7 Å². The van der Waals surface area contributed by atoms with Crippen molar-refractivity contribution in [2.75, 3.05) is 45.2 Å².